The average Bonchev–Trinajstić information content (AvgIpc) is 2.44. The molecule has 0 unspecified atom stereocenters. The van der Waals surface area contributed by atoms with Crippen LogP contribution in [0.3, 0.4) is 0 Å². The van der Waals surface area contributed by atoms with Gasteiger partial charge in [-0.05, 0) is 49.2 Å². The second kappa shape index (κ2) is 6.56. The summed E-state index contributed by atoms with van der Waals surface area (Å²) in [5, 5.41) is 5.27. The van der Waals surface area contributed by atoms with E-state index in [9.17, 15) is 4.79 Å². The van der Waals surface area contributed by atoms with Gasteiger partial charge in [0.25, 0.3) is 0 Å². The van der Waals surface area contributed by atoms with Crippen LogP contribution in [0.1, 0.15) is 11.1 Å². The normalized spacial score (nSPS) is 9.90. The molecular formula is C15H17N3O2. The standard InChI is InChI=1S/C15H17N3O2/c1-11-5-6-14(8-12(11)2)20-10-17-15(19)18-13-4-3-7-16-9-13/h3-9H,10H2,1-2H3,(H2,17,18,19). The number of amides is 2. The van der Waals surface area contributed by atoms with Gasteiger partial charge in [0.1, 0.15) is 5.75 Å². The predicted octanol–water partition coefficient (Wildman–Crippen LogP) is 2.86. The van der Waals surface area contributed by atoms with Gasteiger partial charge in [0.05, 0.1) is 11.9 Å². The number of rotatable bonds is 4. The van der Waals surface area contributed by atoms with Crippen molar-refractivity contribution in [1.29, 1.82) is 0 Å². The van der Waals surface area contributed by atoms with Crippen molar-refractivity contribution in [1.82, 2.24) is 10.3 Å². The smallest absolute Gasteiger partial charge is 0.321 e. The lowest BCUT2D eigenvalue weighted by molar-refractivity contribution is 0.234. The van der Waals surface area contributed by atoms with Crippen LogP contribution in [-0.2, 0) is 0 Å². The molecule has 0 saturated heterocycles. The molecule has 2 amide bonds. The van der Waals surface area contributed by atoms with E-state index in [1.807, 2.05) is 32.0 Å². The van der Waals surface area contributed by atoms with Crippen LogP contribution in [0, 0.1) is 13.8 Å². The van der Waals surface area contributed by atoms with Gasteiger partial charge in [0.15, 0.2) is 6.73 Å². The van der Waals surface area contributed by atoms with Crippen molar-refractivity contribution in [2.24, 2.45) is 0 Å². The van der Waals surface area contributed by atoms with Crippen molar-refractivity contribution >= 4 is 11.7 Å². The van der Waals surface area contributed by atoms with Crippen LogP contribution in [0.5, 0.6) is 5.75 Å². The van der Waals surface area contributed by atoms with Gasteiger partial charge in [-0.15, -0.1) is 0 Å². The van der Waals surface area contributed by atoms with Crippen LogP contribution in [0.2, 0.25) is 0 Å². The summed E-state index contributed by atoms with van der Waals surface area (Å²) in [6.07, 6.45) is 3.22. The van der Waals surface area contributed by atoms with Crippen molar-refractivity contribution in [2.45, 2.75) is 13.8 Å². The Morgan fingerprint density at radius 3 is 2.80 bits per heavy atom. The van der Waals surface area contributed by atoms with Crippen LogP contribution in [0.15, 0.2) is 42.7 Å². The van der Waals surface area contributed by atoms with Gasteiger partial charge < -0.3 is 15.4 Å². The van der Waals surface area contributed by atoms with Crippen molar-refractivity contribution < 1.29 is 9.53 Å². The molecule has 104 valence electrons. The molecule has 5 nitrogen and oxygen atoms in total. The Morgan fingerprint density at radius 2 is 2.10 bits per heavy atom. The van der Waals surface area contributed by atoms with E-state index in [4.69, 9.17) is 4.74 Å². The molecule has 0 fully saturated rings. The van der Waals surface area contributed by atoms with Gasteiger partial charge in [-0.25, -0.2) is 4.79 Å². The Balaban J connectivity index is 1.78. The largest absolute Gasteiger partial charge is 0.473 e. The molecule has 2 N–H and O–H groups in total. The number of pyridine rings is 1. The van der Waals surface area contributed by atoms with Crippen LogP contribution in [0.4, 0.5) is 10.5 Å². The van der Waals surface area contributed by atoms with E-state index in [-0.39, 0.29) is 12.8 Å². The summed E-state index contributed by atoms with van der Waals surface area (Å²) in [5.41, 5.74) is 3.00. The highest BCUT2D eigenvalue weighted by Gasteiger charge is 2.01. The Labute approximate surface area is 118 Å². The molecule has 0 atom stereocenters. The fourth-order valence-corrected chi connectivity index (χ4v) is 1.60. The first kappa shape index (κ1) is 13.9. The van der Waals surface area contributed by atoms with Crippen molar-refractivity contribution in [3.05, 3.63) is 53.9 Å². The van der Waals surface area contributed by atoms with Crippen molar-refractivity contribution in [3.63, 3.8) is 0 Å². The monoisotopic (exact) mass is 271 g/mol. The Kier molecular flexibility index (Phi) is 4.55. The van der Waals surface area contributed by atoms with Crippen molar-refractivity contribution in [3.8, 4) is 5.75 Å². The van der Waals surface area contributed by atoms with Crippen LogP contribution in [-0.4, -0.2) is 17.7 Å². The summed E-state index contributed by atoms with van der Waals surface area (Å²) < 4.78 is 5.46. The van der Waals surface area contributed by atoms with E-state index >= 15 is 0 Å². The number of carbonyl (C=O) groups excluding carboxylic acids is 1. The van der Waals surface area contributed by atoms with Crippen LogP contribution < -0.4 is 15.4 Å². The number of anilines is 1. The van der Waals surface area contributed by atoms with Crippen molar-refractivity contribution in [2.75, 3.05) is 12.0 Å². The average molecular weight is 271 g/mol. The number of aryl methyl sites for hydroxylation is 2. The number of nitrogens with zero attached hydrogens (tertiary/aromatic N) is 1. The number of urea groups is 1. The maximum Gasteiger partial charge on any atom is 0.321 e. The minimum Gasteiger partial charge on any atom is -0.473 e. The summed E-state index contributed by atoms with van der Waals surface area (Å²) in [4.78, 5) is 15.5. The third kappa shape index (κ3) is 3.98. The number of hydrogen-bond acceptors (Lipinski definition) is 3. The fourth-order valence-electron chi connectivity index (χ4n) is 1.60. The first-order valence-electron chi connectivity index (χ1n) is 6.30. The molecule has 0 aliphatic rings. The zero-order valence-corrected chi connectivity index (χ0v) is 11.5. The Bertz CT molecular complexity index is 585. The molecule has 2 aromatic rings. The maximum atomic E-state index is 11.6. The quantitative estimate of drug-likeness (QED) is 0.840. The number of nitrogens with one attached hydrogen (secondary N) is 2. The topological polar surface area (TPSA) is 63.2 Å². The molecule has 5 heteroatoms. The van der Waals surface area contributed by atoms with Gasteiger partial charge in [-0.1, -0.05) is 6.07 Å². The third-order valence-corrected chi connectivity index (χ3v) is 2.87. The van der Waals surface area contributed by atoms with E-state index in [0.29, 0.717) is 5.69 Å². The lowest BCUT2D eigenvalue weighted by Crippen LogP contribution is -2.32. The second-order valence-electron chi connectivity index (χ2n) is 4.41. The lowest BCUT2D eigenvalue weighted by Gasteiger charge is -2.10. The molecule has 0 aliphatic heterocycles. The summed E-state index contributed by atoms with van der Waals surface area (Å²) in [7, 11) is 0. The molecule has 1 aromatic carbocycles. The molecule has 1 heterocycles. The molecule has 0 saturated carbocycles. The Morgan fingerprint density at radius 1 is 1.25 bits per heavy atom. The van der Waals surface area contributed by atoms with Gasteiger partial charge in [-0.2, -0.15) is 0 Å². The summed E-state index contributed by atoms with van der Waals surface area (Å²) in [6, 6.07) is 8.99. The van der Waals surface area contributed by atoms with E-state index in [0.717, 1.165) is 11.3 Å². The number of carbonyl (C=O) groups is 1. The first-order chi connectivity index (χ1) is 9.65. The van der Waals surface area contributed by atoms with Crippen LogP contribution in [0.25, 0.3) is 0 Å². The van der Waals surface area contributed by atoms with Gasteiger partial charge >= 0.3 is 6.03 Å². The minimum absolute atomic E-state index is 0.106. The molecular weight excluding hydrogens is 254 g/mol. The number of hydrogen-bond donors (Lipinski definition) is 2. The van der Waals surface area contributed by atoms with Gasteiger partial charge in [0.2, 0.25) is 0 Å². The predicted molar refractivity (Wildman–Crippen MR) is 77.8 cm³/mol. The molecule has 0 spiro atoms. The van der Waals surface area contributed by atoms with E-state index < -0.39 is 0 Å². The second-order valence-corrected chi connectivity index (χ2v) is 4.41. The van der Waals surface area contributed by atoms with Gasteiger partial charge in [0, 0.05) is 6.20 Å². The van der Waals surface area contributed by atoms with E-state index in [1.165, 1.54) is 5.56 Å². The van der Waals surface area contributed by atoms with E-state index in [2.05, 4.69) is 15.6 Å². The molecule has 0 aliphatic carbocycles. The fraction of sp³-hybridized carbons (Fsp3) is 0.200. The van der Waals surface area contributed by atoms with Gasteiger partial charge in [-0.3, -0.25) is 4.98 Å². The zero-order valence-electron chi connectivity index (χ0n) is 11.5. The van der Waals surface area contributed by atoms with Crippen LogP contribution >= 0.6 is 0 Å². The molecule has 0 bridgehead atoms. The lowest BCUT2D eigenvalue weighted by atomic mass is 10.1. The SMILES string of the molecule is Cc1ccc(OCNC(=O)Nc2cccnc2)cc1C. The molecule has 2 rings (SSSR count). The molecule has 0 radical (unpaired) electrons. The number of benzene rings is 1. The highest BCUT2D eigenvalue weighted by atomic mass is 16.5. The Hall–Kier alpha value is -2.56. The summed E-state index contributed by atoms with van der Waals surface area (Å²) >= 11 is 0. The number of aromatic nitrogens is 1. The number of ether oxygens (including phenoxy) is 1. The molecule has 20 heavy (non-hydrogen) atoms. The molecule has 1 aromatic heterocycles. The minimum atomic E-state index is -0.332. The third-order valence-electron chi connectivity index (χ3n) is 2.87. The van der Waals surface area contributed by atoms with E-state index in [1.54, 1.807) is 24.5 Å². The summed E-state index contributed by atoms with van der Waals surface area (Å²) in [6.45, 7) is 4.16. The highest BCUT2D eigenvalue weighted by Crippen LogP contribution is 2.15. The highest BCUT2D eigenvalue weighted by molar-refractivity contribution is 5.88. The summed E-state index contributed by atoms with van der Waals surface area (Å²) in [5.74, 6) is 0.731. The first-order valence-corrected chi connectivity index (χ1v) is 6.30. The zero-order chi connectivity index (χ0) is 14.4. The maximum absolute atomic E-state index is 11.6.